The molecule has 2 rings (SSSR count). The van der Waals surface area contributed by atoms with Crippen molar-refractivity contribution in [3.05, 3.63) is 16.1 Å². The van der Waals surface area contributed by atoms with E-state index in [1.54, 1.807) is 0 Å². The van der Waals surface area contributed by atoms with Crippen LogP contribution in [0.15, 0.2) is 5.38 Å². The van der Waals surface area contributed by atoms with Crippen LogP contribution in [0, 0.1) is 0 Å². The molecule has 0 spiro atoms. The minimum absolute atomic E-state index is 0.0365. The summed E-state index contributed by atoms with van der Waals surface area (Å²) in [5.74, 6) is -1.10. The molecule has 3 N–H and O–H groups in total. The van der Waals surface area contributed by atoms with Gasteiger partial charge < -0.3 is 10.4 Å². The van der Waals surface area contributed by atoms with Crippen LogP contribution in [0.5, 0.6) is 0 Å². The van der Waals surface area contributed by atoms with Crippen LogP contribution < -0.4 is 10.6 Å². The van der Waals surface area contributed by atoms with Gasteiger partial charge >= 0.3 is 12.0 Å². The minimum atomic E-state index is -1.10. The molecule has 0 radical (unpaired) electrons. The zero-order valence-electron chi connectivity index (χ0n) is 8.65. The number of carboxylic acid groups (broad SMARTS) is 1. The highest BCUT2D eigenvalue weighted by Crippen LogP contribution is 2.09. The summed E-state index contributed by atoms with van der Waals surface area (Å²) in [7, 11) is 0. The van der Waals surface area contributed by atoms with Crippen molar-refractivity contribution in [3.8, 4) is 0 Å². The van der Waals surface area contributed by atoms with Gasteiger partial charge in [0.05, 0.1) is 6.54 Å². The number of aromatic nitrogens is 4. The number of urea groups is 1. The van der Waals surface area contributed by atoms with Crippen molar-refractivity contribution in [2.45, 2.75) is 6.54 Å². The smallest absolute Gasteiger partial charge is 0.355 e. The average Bonchev–Trinajstić information content (AvgIpc) is 2.96. The van der Waals surface area contributed by atoms with Crippen molar-refractivity contribution in [2.75, 3.05) is 5.32 Å². The summed E-state index contributed by atoms with van der Waals surface area (Å²) in [4.78, 5) is 25.8. The molecule has 0 aliphatic heterocycles. The van der Waals surface area contributed by atoms with E-state index in [1.807, 2.05) is 0 Å². The van der Waals surface area contributed by atoms with Crippen LogP contribution in [-0.2, 0) is 6.54 Å². The molecule has 18 heavy (non-hydrogen) atoms. The third-order valence-electron chi connectivity index (χ3n) is 1.69. The molecule has 0 bridgehead atoms. The lowest BCUT2D eigenvalue weighted by molar-refractivity contribution is 0.0691. The number of aromatic carboxylic acids is 1. The monoisotopic (exact) mass is 286 g/mol. The average molecular weight is 286 g/mol. The Morgan fingerprint density at radius 2 is 2.28 bits per heavy atom. The Bertz CT molecular complexity index is 553. The summed E-state index contributed by atoms with van der Waals surface area (Å²) in [5.41, 5.74) is -0.0365. The van der Waals surface area contributed by atoms with E-state index in [0.717, 1.165) is 22.9 Å². The SMILES string of the molecule is O=C(NCc1nc(C(=O)O)cs1)Nc1nnns1. The van der Waals surface area contributed by atoms with Gasteiger partial charge in [-0.15, -0.1) is 11.3 Å². The highest BCUT2D eigenvalue weighted by Gasteiger charge is 2.10. The van der Waals surface area contributed by atoms with Crippen LogP contribution in [0.25, 0.3) is 0 Å². The molecular weight excluding hydrogens is 280 g/mol. The number of carboxylic acids is 1. The quantitative estimate of drug-likeness (QED) is 0.742. The number of anilines is 1. The fourth-order valence-corrected chi connectivity index (χ4v) is 2.04. The van der Waals surface area contributed by atoms with E-state index < -0.39 is 12.0 Å². The number of nitrogens with one attached hydrogen (secondary N) is 2. The van der Waals surface area contributed by atoms with Gasteiger partial charge in [0, 0.05) is 16.9 Å². The Labute approximate surface area is 108 Å². The Kier molecular flexibility index (Phi) is 3.74. The Morgan fingerprint density at radius 1 is 1.44 bits per heavy atom. The fourth-order valence-electron chi connectivity index (χ4n) is 0.969. The van der Waals surface area contributed by atoms with Gasteiger partial charge in [-0.05, 0) is 5.21 Å². The standard InChI is InChI=1S/C7H6N6O3S2/c14-5(15)3-2-17-4(9-3)1-8-6(16)10-7-11-12-13-18-7/h2H,1H2,(H,14,15)(H2,8,10,11,13,16). The van der Waals surface area contributed by atoms with Crippen LogP contribution in [0.4, 0.5) is 9.93 Å². The maximum Gasteiger partial charge on any atom is 0.355 e. The van der Waals surface area contributed by atoms with Gasteiger partial charge in [0.2, 0.25) is 5.13 Å². The highest BCUT2D eigenvalue weighted by atomic mass is 32.1. The van der Waals surface area contributed by atoms with Crippen molar-refractivity contribution in [1.29, 1.82) is 0 Å². The molecule has 2 amide bonds. The Morgan fingerprint density at radius 3 is 2.89 bits per heavy atom. The van der Waals surface area contributed by atoms with Crippen molar-refractivity contribution in [3.63, 3.8) is 0 Å². The zero-order chi connectivity index (χ0) is 13.0. The lowest BCUT2D eigenvalue weighted by Crippen LogP contribution is -2.28. The second-order valence-electron chi connectivity index (χ2n) is 2.91. The number of carbonyl (C=O) groups is 2. The van der Waals surface area contributed by atoms with E-state index in [2.05, 4.69) is 30.4 Å². The fraction of sp³-hybridized carbons (Fsp3) is 0.143. The van der Waals surface area contributed by atoms with E-state index in [0.29, 0.717) is 5.01 Å². The van der Waals surface area contributed by atoms with E-state index in [1.165, 1.54) is 5.38 Å². The minimum Gasteiger partial charge on any atom is -0.476 e. The van der Waals surface area contributed by atoms with E-state index in [9.17, 15) is 9.59 Å². The van der Waals surface area contributed by atoms with E-state index in [-0.39, 0.29) is 17.4 Å². The summed E-state index contributed by atoms with van der Waals surface area (Å²) < 4.78 is 3.48. The molecule has 11 heteroatoms. The van der Waals surface area contributed by atoms with Gasteiger partial charge in [0.15, 0.2) is 5.69 Å². The number of hydrogen-bond acceptors (Lipinski definition) is 8. The molecule has 2 aromatic heterocycles. The topological polar surface area (TPSA) is 130 Å². The van der Waals surface area contributed by atoms with Gasteiger partial charge in [0.1, 0.15) is 5.01 Å². The first-order chi connectivity index (χ1) is 8.65. The van der Waals surface area contributed by atoms with Gasteiger partial charge in [0.25, 0.3) is 0 Å². The molecule has 0 fully saturated rings. The summed E-state index contributed by atoms with van der Waals surface area (Å²) in [6.07, 6.45) is 0. The first kappa shape index (κ1) is 12.3. The molecule has 0 atom stereocenters. The van der Waals surface area contributed by atoms with Crippen LogP contribution in [0.1, 0.15) is 15.5 Å². The first-order valence-electron chi connectivity index (χ1n) is 4.52. The number of rotatable bonds is 4. The number of amides is 2. The van der Waals surface area contributed by atoms with Crippen LogP contribution in [-0.4, -0.2) is 36.9 Å². The number of nitrogens with zero attached hydrogens (tertiary/aromatic N) is 4. The number of carbonyl (C=O) groups excluding carboxylic acids is 1. The molecule has 94 valence electrons. The van der Waals surface area contributed by atoms with E-state index in [4.69, 9.17) is 5.11 Å². The third kappa shape index (κ3) is 3.18. The van der Waals surface area contributed by atoms with Crippen molar-refractivity contribution in [2.24, 2.45) is 0 Å². The van der Waals surface area contributed by atoms with Crippen molar-refractivity contribution in [1.82, 2.24) is 25.1 Å². The molecule has 0 unspecified atom stereocenters. The maximum absolute atomic E-state index is 11.4. The predicted molar refractivity (Wildman–Crippen MR) is 62.6 cm³/mol. The van der Waals surface area contributed by atoms with Crippen molar-refractivity contribution < 1.29 is 14.7 Å². The van der Waals surface area contributed by atoms with Gasteiger partial charge in [-0.25, -0.2) is 14.6 Å². The summed E-state index contributed by atoms with van der Waals surface area (Å²) in [6, 6.07) is -0.486. The summed E-state index contributed by atoms with van der Waals surface area (Å²) in [5, 5.41) is 22.6. The molecule has 9 nitrogen and oxygen atoms in total. The number of thiazole rings is 1. The molecule has 0 aliphatic carbocycles. The molecule has 2 heterocycles. The predicted octanol–water partition coefficient (Wildman–Crippen LogP) is 0.409. The van der Waals surface area contributed by atoms with Crippen LogP contribution >= 0.6 is 22.9 Å². The molecule has 0 aromatic carbocycles. The first-order valence-corrected chi connectivity index (χ1v) is 6.18. The molecule has 0 aliphatic rings. The number of hydrogen-bond donors (Lipinski definition) is 3. The Balaban J connectivity index is 1.83. The molecular formula is C7H6N6O3S2. The Hall–Kier alpha value is -2.14. The largest absolute Gasteiger partial charge is 0.476 e. The lowest BCUT2D eigenvalue weighted by Gasteiger charge is -2.01. The molecule has 2 aromatic rings. The highest BCUT2D eigenvalue weighted by molar-refractivity contribution is 7.10. The molecule has 0 saturated carbocycles. The van der Waals surface area contributed by atoms with Crippen molar-refractivity contribution >= 4 is 40.0 Å². The van der Waals surface area contributed by atoms with Crippen LogP contribution in [0.2, 0.25) is 0 Å². The second-order valence-corrected chi connectivity index (χ2v) is 4.58. The van der Waals surface area contributed by atoms with Crippen LogP contribution in [0.3, 0.4) is 0 Å². The summed E-state index contributed by atoms with van der Waals surface area (Å²) >= 11 is 2.10. The zero-order valence-corrected chi connectivity index (χ0v) is 10.3. The second kappa shape index (κ2) is 5.46. The molecule has 0 saturated heterocycles. The van der Waals surface area contributed by atoms with Gasteiger partial charge in [-0.1, -0.05) is 9.59 Å². The summed E-state index contributed by atoms with van der Waals surface area (Å²) in [6.45, 7) is 0.135. The third-order valence-corrected chi connectivity index (χ3v) is 3.05. The lowest BCUT2D eigenvalue weighted by atomic mass is 10.5. The maximum atomic E-state index is 11.4. The van der Waals surface area contributed by atoms with Gasteiger partial charge in [-0.2, -0.15) is 0 Å². The normalized spacial score (nSPS) is 10.0. The van der Waals surface area contributed by atoms with E-state index >= 15 is 0 Å². The van der Waals surface area contributed by atoms with Gasteiger partial charge in [-0.3, -0.25) is 5.32 Å².